The lowest BCUT2D eigenvalue weighted by molar-refractivity contribution is 0.413. The predicted molar refractivity (Wildman–Crippen MR) is 72.8 cm³/mol. The lowest BCUT2D eigenvalue weighted by Crippen LogP contribution is -2.03. The van der Waals surface area contributed by atoms with Crippen molar-refractivity contribution < 1.29 is 0 Å². The number of benzene rings is 1. The van der Waals surface area contributed by atoms with Gasteiger partial charge in [-0.25, -0.2) is 0 Å². The monoisotopic (exact) mass is 218 g/mol. The maximum Gasteiger partial charge on any atom is -0.0164 e. The van der Waals surface area contributed by atoms with Gasteiger partial charge in [0.2, 0.25) is 0 Å². The normalized spacial score (nSPS) is 13.0. The molecule has 1 aromatic carbocycles. The molecule has 0 spiro atoms. The molecule has 0 saturated carbocycles. The van der Waals surface area contributed by atoms with E-state index in [9.17, 15) is 0 Å². The average molecular weight is 218 g/mol. The molecular formula is C16H26. The standard InChI is InChI=1S/C16H26/c1-4-14(5-2)12-13-15(6-3)16-10-8-7-9-11-16/h7-11,14-15H,4-6,12-13H2,1-3H3. The van der Waals surface area contributed by atoms with Crippen molar-refractivity contribution in [2.45, 2.75) is 58.8 Å². The molecule has 0 nitrogen and oxygen atoms in total. The molecular weight excluding hydrogens is 192 g/mol. The van der Waals surface area contributed by atoms with Gasteiger partial charge in [-0.15, -0.1) is 0 Å². The number of hydrogen-bond donors (Lipinski definition) is 0. The van der Waals surface area contributed by atoms with Gasteiger partial charge >= 0.3 is 0 Å². The predicted octanol–water partition coefficient (Wildman–Crippen LogP) is 5.40. The first-order valence-corrected chi connectivity index (χ1v) is 6.86. The van der Waals surface area contributed by atoms with Gasteiger partial charge in [-0.1, -0.05) is 63.9 Å². The summed E-state index contributed by atoms with van der Waals surface area (Å²) in [5.41, 5.74) is 1.52. The molecule has 0 heteroatoms. The van der Waals surface area contributed by atoms with Gasteiger partial charge in [0.25, 0.3) is 0 Å². The Bertz CT molecular complexity index is 259. The Hall–Kier alpha value is -0.780. The third kappa shape index (κ3) is 4.00. The van der Waals surface area contributed by atoms with E-state index in [-0.39, 0.29) is 0 Å². The zero-order valence-corrected chi connectivity index (χ0v) is 11.1. The van der Waals surface area contributed by atoms with Crippen LogP contribution in [0, 0.1) is 5.92 Å². The lowest BCUT2D eigenvalue weighted by atomic mass is 9.87. The Kier molecular flexibility index (Phi) is 6.22. The van der Waals surface area contributed by atoms with E-state index in [1.165, 1.54) is 37.7 Å². The highest BCUT2D eigenvalue weighted by Crippen LogP contribution is 2.28. The van der Waals surface area contributed by atoms with Gasteiger partial charge in [0.1, 0.15) is 0 Å². The fourth-order valence-electron chi connectivity index (χ4n) is 2.47. The molecule has 0 aromatic heterocycles. The first kappa shape index (κ1) is 13.3. The maximum absolute atomic E-state index is 2.32. The van der Waals surface area contributed by atoms with Gasteiger partial charge in [-0.2, -0.15) is 0 Å². The van der Waals surface area contributed by atoms with Crippen molar-refractivity contribution in [2.24, 2.45) is 5.92 Å². The summed E-state index contributed by atoms with van der Waals surface area (Å²) in [6.07, 6.45) is 6.68. The van der Waals surface area contributed by atoms with Gasteiger partial charge in [-0.3, -0.25) is 0 Å². The van der Waals surface area contributed by atoms with Gasteiger partial charge in [0.05, 0.1) is 0 Å². The topological polar surface area (TPSA) is 0 Å². The molecule has 0 bridgehead atoms. The molecule has 1 aromatic rings. The molecule has 90 valence electrons. The molecule has 16 heavy (non-hydrogen) atoms. The SMILES string of the molecule is CCC(CC)CCC(CC)c1ccccc1. The largest absolute Gasteiger partial charge is 0.0651 e. The summed E-state index contributed by atoms with van der Waals surface area (Å²) in [6.45, 7) is 6.94. The highest BCUT2D eigenvalue weighted by atomic mass is 14.2. The van der Waals surface area contributed by atoms with Crippen LogP contribution >= 0.6 is 0 Å². The highest BCUT2D eigenvalue weighted by molar-refractivity contribution is 5.19. The van der Waals surface area contributed by atoms with Crippen LogP contribution in [0.3, 0.4) is 0 Å². The van der Waals surface area contributed by atoms with E-state index in [4.69, 9.17) is 0 Å². The van der Waals surface area contributed by atoms with Gasteiger partial charge in [0.15, 0.2) is 0 Å². The summed E-state index contributed by atoms with van der Waals surface area (Å²) in [5, 5.41) is 0. The van der Waals surface area contributed by atoms with Crippen LogP contribution in [0.15, 0.2) is 30.3 Å². The van der Waals surface area contributed by atoms with Gasteiger partial charge in [0, 0.05) is 0 Å². The summed E-state index contributed by atoms with van der Waals surface area (Å²) >= 11 is 0. The Morgan fingerprint density at radius 2 is 1.44 bits per heavy atom. The maximum atomic E-state index is 2.32. The second-order valence-corrected chi connectivity index (χ2v) is 4.78. The molecule has 0 amide bonds. The molecule has 1 atom stereocenters. The minimum atomic E-state index is 0.766. The summed E-state index contributed by atoms with van der Waals surface area (Å²) in [6, 6.07) is 11.0. The Balaban J connectivity index is 2.50. The number of hydrogen-bond acceptors (Lipinski definition) is 0. The zero-order valence-electron chi connectivity index (χ0n) is 11.1. The quantitative estimate of drug-likeness (QED) is 0.575. The third-order valence-electron chi connectivity index (χ3n) is 3.84. The minimum Gasteiger partial charge on any atom is -0.0651 e. The summed E-state index contributed by atoms with van der Waals surface area (Å²) in [7, 11) is 0. The van der Waals surface area contributed by atoms with Crippen LogP contribution in [-0.4, -0.2) is 0 Å². The van der Waals surface area contributed by atoms with Crippen LogP contribution in [-0.2, 0) is 0 Å². The third-order valence-corrected chi connectivity index (χ3v) is 3.84. The van der Waals surface area contributed by atoms with E-state index in [2.05, 4.69) is 51.1 Å². The molecule has 0 aliphatic rings. The van der Waals surface area contributed by atoms with Crippen molar-refractivity contribution in [3.8, 4) is 0 Å². The molecule has 0 saturated heterocycles. The highest BCUT2D eigenvalue weighted by Gasteiger charge is 2.11. The second-order valence-electron chi connectivity index (χ2n) is 4.78. The van der Waals surface area contributed by atoms with Crippen LogP contribution < -0.4 is 0 Å². The van der Waals surface area contributed by atoms with Crippen molar-refractivity contribution in [3.05, 3.63) is 35.9 Å². The second kappa shape index (κ2) is 7.49. The van der Waals surface area contributed by atoms with Gasteiger partial charge < -0.3 is 0 Å². The summed E-state index contributed by atoms with van der Waals surface area (Å²) in [5.74, 6) is 1.69. The summed E-state index contributed by atoms with van der Waals surface area (Å²) < 4.78 is 0. The smallest absolute Gasteiger partial charge is 0.0164 e. The first-order valence-electron chi connectivity index (χ1n) is 6.86. The summed E-state index contributed by atoms with van der Waals surface area (Å²) in [4.78, 5) is 0. The van der Waals surface area contributed by atoms with E-state index >= 15 is 0 Å². The molecule has 0 fully saturated rings. The lowest BCUT2D eigenvalue weighted by Gasteiger charge is -2.18. The molecule has 0 aliphatic heterocycles. The molecule has 0 aliphatic carbocycles. The average Bonchev–Trinajstić information content (AvgIpc) is 2.36. The Morgan fingerprint density at radius 1 is 0.812 bits per heavy atom. The van der Waals surface area contributed by atoms with Crippen molar-refractivity contribution in [3.63, 3.8) is 0 Å². The van der Waals surface area contributed by atoms with Gasteiger partial charge in [-0.05, 0) is 36.7 Å². The van der Waals surface area contributed by atoms with E-state index in [1.807, 2.05) is 0 Å². The molecule has 1 rings (SSSR count). The van der Waals surface area contributed by atoms with Crippen LogP contribution in [0.5, 0.6) is 0 Å². The van der Waals surface area contributed by atoms with Crippen LogP contribution in [0.2, 0.25) is 0 Å². The molecule has 0 radical (unpaired) electrons. The fourth-order valence-corrected chi connectivity index (χ4v) is 2.47. The van der Waals surface area contributed by atoms with E-state index < -0.39 is 0 Å². The molecule has 0 N–H and O–H groups in total. The van der Waals surface area contributed by atoms with Crippen molar-refractivity contribution in [2.75, 3.05) is 0 Å². The first-order chi connectivity index (χ1) is 7.81. The van der Waals surface area contributed by atoms with Crippen molar-refractivity contribution in [1.29, 1.82) is 0 Å². The van der Waals surface area contributed by atoms with E-state index in [0.717, 1.165) is 11.8 Å². The number of rotatable bonds is 7. The molecule has 0 heterocycles. The molecule has 1 unspecified atom stereocenters. The van der Waals surface area contributed by atoms with Crippen molar-refractivity contribution >= 4 is 0 Å². The van der Waals surface area contributed by atoms with Crippen LogP contribution in [0.4, 0.5) is 0 Å². The minimum absolute atomic E-state index is 0.766. The Morgan fingerprint density at radius 3 is 1.94 bits per heavy atom. The van der Waals surface area contributed by atoms with Crippen molar-refractivity contribution in [1.82, 2.24) is 0 Å². The van der Waals surface area contributed by atoms with E-state index in [1.54, 1.807) is 0 Å². The zero-order chi connectivity index (χ0) is 11.8. The fraction of sp³-hybridized carbons (Fsp3) is 0.625. The van der Waals surface area contributed by atoms with Crippen LogP contribution in [0.25, 0.3) is 0 Å². The van der Waals surface area contributed by atoms with E-state index in [0.29, 0.717) is 0 Å². The van der Waals surface area contributed by atoms with Crippen LogP contribution in [0.1, 0.15) is 64.4 Å². The Labute approximate surface area is 101 Å².